The lowest BCUT2D eigenvalue weighted by Gasteiger charge is -2.40. The fraction of sp³-hybridized carbons (Fsp3) is 0.524. The van der Waals surface area contributed by atoms with E-state index < -0.39 is 0 Å². The minimum absolute atomic E-state index is 0.129. The lowest BCUT2D eigenvalue weighted by atomic mass is 9.78. The Kier molecular flexibility index (Phi) is 3.31. The van der Waals surface area contributed by atoms with Crippen LogP contribution in [0.15, 0.2) is 30.3 Å². The molecule has 2 fully saturated rings. The summed E-state index contributed by atoms with van der Waals surface area (Å²) in [5, 5.41) is 3.58. The maximum atomic E-state index is 4.96. The van der Waals surface area contributed by atoms with Gasteiger partial charge in [-0.2, -0.15) is 0 Å². The number of nitrogens with zero attached hydrogens (tertiary/aromatic N) is 3. The molecule has 0 amide bonds. The van der Waals surface area contributed by atoms with Gasteiger partial charge in [0, 0.05) is 36.5 Å². The van der Waals surface area contributed by atoms with Crippen molar-refractivity contribution in [2.24, 2.45) is 0 Å². The predicted molar refractivity (Wildman–Crippen MR) is 101 cm³/mol. The normalized spacial score (nSPS) is 21.8. The highest BCUT2D eigenvalue weighted by atomic mass is 15.2. The summed E-state index contributed by atoms with van der Waals surface area (Å²) in [5.74, 6) is 3.72. The summed E-state index contributed by atoms with van der Waals surface area (Å²) in [6, 6.07) is 11.6. The molecule has 5 rings (SSSR count). The van der Waals surface area contributed by atoms with Gasteiger partial charge in [-0.3, -0.25) is 0 Å². The summed E-state index contributed by atoms with van der Waals surface area (Å²) in [7, 11) is 0. The van der Waals surface area contributed by atoms with Crippen LogP contribution in [-0.2, 0) is 12.0 Å². The van der Waals surface area contributed by atoms with Crippen LogP contribution in [0.25, 0.3) is 0 Å². The SMILES string of the molecule is CC1(C)CN(c2cc(NC3CC3)nc(C3CC3)n2)Cc2ccccc21. The molecule has 4 nitrogen and oxygen atoms in total. The highest BCUT2D eigenvalue weighted by Crippen LogP contribution is 2.41. The Morgan fingerprint density at radius 2 is 1.88 bits per heavy atom. The number of aromatic nitrogens is 2. The molecule has 0 saturated heterocycles. The van der Waals surface area contributed by atoms with Gasteiger partial charge in [-0.05, 0) is 36.8 Å². The average molecular weight is 334 g/mol. The Hall–Kier alpha value is -2.10. The lowest BCUT2D eigenvalue weighted by Crippen LogP contribution is -2.42. The number of hydrogen-bond acceptors (Lipinski definition) is 4. The van der Waals surface area contributed by atoms with Gasteiger partial charge in [-0.1, -0.05) is 38.1 Å². The van der Waals surface area contributed by atoms with Gasteiger partial charge in [0.25, 0.3) is 0 Å². The zero-order valence-corrected chi connectivity index (χ0v) is 15.1. The third-order valence-corrected chi connectivity index (χ3v) is 5.62. The molecule has 2 heterocycles. The standard InChI is InChI=1S/C21H26N4/c1-21(2)13-25(12-15-5-3-4-6-17(15)21)19-11-18(22-16-9-10-16)23-20(24-19)14-7-8-14/h3-6,11,14,16H,7-10,12-13H2,1-2H3,(H,22,23,24). The molecule has 2 saturated carbocycles. The van der Waals surface area contributed by atoms with E-state index in [0.717, 1.165) is 30.5 Å². The van der Waals surface area contributed by atoms with Crippen molar-refractivity contribution in [2.45, 2.75) is 63.5 Å². The molecule has 1 aliphatic heterocycles. The average Bonchev–Trinajstić information content (AvgIpc) is 3.48. The van der Waals surface area contributed by atoms with Crippen molar-refractivity contribution in [3.05, 3.63) is 47.3 Å². The fourth-order valence-corrected chi connectivity index (χ4v) is 3.95. The molecule has 0 atom stereocenters. The molecule has 25 heavy (non-hydrogen) atoms. The molecule has 0 bridgehead atoms. The Bertz CT molecular complexity index is 805. The van der Waals surface area contributed by atoms with E-state index in [1.807, 2.05) is 0 Å². The molecule has 4 heteroatoms. The van der Waals surface area contributed by atoms with Crippen molar-refractivity contribution in [1.82, 2.24) is 9.97 Å². The monoisotopic (exact) mass is 334 g/mol. The summed E-state index contributed by atoms with van der Waals surface area (Å²) < 4.78 is 0. The lowest BCUT2D eigenvalue weighted by molar-refractivity contribution is 0.474. The first kappa shape index (κ1) is 15.2. The fourth-order valence-electron chi connectivity index (χ4n) is 3.95. The number of rotatable bonds is 4. The molecule has 3 aliphatic rings. The summed E-state index contributed by atoms with van der Waals surface area (Å²) in [6.45, 7) is 6.60. The molecule has 2 aliphatic carbocycles. The van der Waals surface area contributed by atoms with Crippen LogP contribution in [0.5, 0.6) is 0 Å². The highest BCUT2D eigenvalue weighted by Gasteiger charge is 2.34. The van der Waals surface area contributed by atoms with Crippen molar-refractivity contribution >= 4 is 11.6 Å². The van der Waals surface area contributed by atoms with Crippen molar-refractivity contribution in [3.63, 3.8) is 0 Å². The third-order valence-electron chi connectivity index (χ3n) is 5.62. The van der Waals surface area contributed by atoms with Crippen LogP contribution < -0.4 is 10.2 Å². The van der Waals surface area contributed by atoms with E-state index in [2.05, 4.69) is 54.4 Å². The second-order valence-corrected chi connectivity index (χ2v) is 8.56. The summed E-state index contributed by atoms with van der Waals surface area (Å²) in [6.07, 6.45) is 5.01. The van der Waals surface area contributed by atoms with Gasteiger partial charge in [0.1, 0.15) is 17.5 Å². The minimum atomic E-state index is 0.129. The zero-order valence-electron chi connectivity index (χ0n) is 15.1. The number of benzene rings is 1. The van der Waals surface area contributed by atoms with Crippen LogP contribution in [0.2, 0.25) is 0 Å². The van der Waals surface area contributed by atoms with Gasteiger partial charge >= 0.3 is 0 Å². The summed E-state index contributed by atoms with van der Waals surface area (Å²) >= 11 is 0. The maximum Gasteiger partial charge on any atom is 0.136 e. The summed E-state index contributed by atoms with van der Waals surface area (Å²) in [5.41, 5.74) is 3.02. The van der Waals surface area contributed by atoms with Gasteiger partial charge < -0.3 is 10.2 Å². The predicted octanol–water partition coefficient (Wildman–Crippen LogP) is 4.23. The van der Waals surface area contributed by atoms with Crippen molar-refractivity contribution < 1.29 is 0 Å². The second kappa shape index (κ2) is 5.45. The molecule has 2 aromatic rings. The Labute approximate surface area is 149 Å². The van der Waals surface area contributed by atoms with Crippen LogP contribution in [0.4, 0.5) is 11.6 Å². The smallest absolute Gasteiger partial charge is 0.136 e. The van der Waals surface area contributed by atoms with Gasteiger partial charge in [-0.25, -0.2) is 9.97 Å². The molecule has 0 spiro atoms. The summed E-state index contributed by atoms with van der Waals surface area (Å²) in [4.78, 5) is 12.2. The van der Waals surface area contributed by atoms with Crippen LogP contribution in [-0.4, -0.2) is 22.6 Å². The van der Waals surface area contributed by atoms with Crippen LogP contribution in [0.1, 0.15) is 62.4 Å². The van der Waals surface area contributed by atoms with E-state index in [9.17, 15) is 0 Å². The molecule has 1 N–H and O–H groups in total. The van der Waals surface area contributed by atoms with Crippen LogP contribution in [0.3, 0.4) is 0 Å². The first-order valence-electron chi connectivity index (χ1n) is 9.57. The molecule has 0 unspecified atom stereocenters. The Morgan fingerprint density at radius 3 is 2.64 bits per heavy atom. The van der Waals surface area contributed by atoms with Crippen molar-refractivity contribution in [2.75, 3.05) is 16.8 Å². The topological polar surface area (TPSA) is 41.0 Å². The molecular formula is C21H26N4. The van der Waals surface area contributed by atoms with Gasteiger partial charge in [0.2, 0.25) is 0 Å². The molecule has 130 valence electrons. The second-order valence-electron chi connectivity index (χ2n) is 8.56. The molecule has 0 radical (unpaired) electrons. The van der Waals surface area contributed by atoms with Gasteiger partial charge in [0.15, 0.2) is 0 Å². The number of anilines is 2. The quantitative estimate of drug-likeness (QED) is 0.908. The largest absolute Gasteiger partial charge is 0.367 e. The zero-order chi connectivity index (χ0) is 17.0. The first-order chi connectivity index (χ1) is 12.1. The molecule has 1 aromatic carbocycles. The van der Waals surface area contributed by atoms with E-state index in [1.165, 1.54) is 36.8 Å². The van der Waals surface area contributed by atoms with Crippen LogP contribution >= 0.6 is 0 Å². The maximum absolute atomic E-state index is 4.96. The first-order valence-corrected chi connectivity index (χ1v) is 9.57. The van der Waals surface area contributed by atoms with Crippen molar-refractivity contribution in [1.29, 1.82) is 0 Å². The molecular weight excluding hydrogens is 308 g/mol. The number of nitrogens with one attached hydrogen (secondary N) is 1. The number of fused-ring (bicyclic) bond motifs is 1. The highest BCUT2D eigenvalue weighted by molar-refractivity contribution is 5.54. The van der Waals surface area contributed by atoms with E-state index in [-0.39, 0.29) is 5.41 Å². The molecule has 1 aromatic heterocycles. The third kappa shape index (κ3) is 2.99. The van der Waals surface area contributed by atoms with E-state index in [1.54, 1.807) is 0 Å². The Balaban J connectivity index is 1.51. The van der Waals surface area contributed by atoms with E-state index in [0.29, 0.717) is 12.0 Å². The number of hydrogen-bond donors (Lipinski definition) is 1. The minimum Gasteiger partial charge on any atom is -0.367 e. The van der Waals surface area contributed by atoms with Crippen molar-refractivity contribution in [3.8, 4) is 0 Å². The van der Waals surface area contributed by atoms with E-state index >= 15 is 0 Å². The van der Waals surface area contributed by atoms with Crippen LogP contribution in [0, 0.1) is 0 Å². The van der Waals surface area contributed by atoms with Gasteiger partial charge in [-0.15, -0.1) is 0 Å². The Morgan fingerprint density at radius 1 is 1.08 bits per heavy atom. The van der Waals surface area contributed by atoms with Gasteiger partial charge in [0.05, 0.1) is 0 Å². The van der Waals surface area contributed by atoms with E-state index in [4.69, 9.17) is 9.97 Å².